The van der Waals surface area contributed by atoms with E-state index in [4.69, 9.17) is 28.9 Å². The van der Waals surface area contributed by atoms with Crippen LogP contribution in [0.3, 0.4) is 0 Å². The van der Waals surface area contributed by atoms with Gasteiger partial charge in [0.25, 0.3) is 0 Å². The maximum absolute atomic E-state index is 12.0. The van der Waals surface area contributed by atoms with Crippen molar-refractivity contribution in [2.24, 2.45) is 5.73 Å². The van der Waals surface area contributed by atoms with Gasteiger partial charge in [0, 0.05) is 0 Å². The summed E-state index contributed by atoms with van der Waals surface area (Å²) in [6.45, 7) is 0. The summed E-state index contributed by atoms with van der Waals surface area (Å²) in [7, 11) is 0. The molecule has 0 saturated carbocycles. The predicted molar refractivity (Wildman–Crippen MR) is 74.1 cm³/mol. The maximum atomic E-state index is 12.0. The fourth-order valence-corrected chi connectivity index (χ4v) is 1.72. The lowest BCUT2D eigenvalue weighted by atomic mass is 10.1. The summed E-state index contributed by atoms with van der Waals surface area (Å²) in [6.07, 6.45) is 1.21. The van der Waals surface area contributed by atoms with Crippen LogP contribution in [0.2, 0.25) is 10.2 Å². The number of halogens is 2. The number of anilines is 1. The molecular weight excluding hydrogens is 287 g/mol. The molecule has 3 N–H and O–H groups in total. The third-order valence-corrected chi connectivity index (χ3v) is 3.17. The molecule has 0 aliphatic heterocycles. The van der Waals surface area contributed by atoms with E-state index in [-0.39, 0.29) is 16.0 Å². The number of rotatable bonds is 3. The van der Waals surface area contributed by atoms with Crippen molar-refractivity contribution in [2.45, 2.75) is 6.04 Å². The number of nitrogens with two attached hydrogens (primary N) is 1. The fourth-order valence-electron chi connectivity index (χ4n) is 1.44. The molecule has 0 radical (unpaired) electrons. The predicted octanol–water partition coefficient (Wildman–Crippen LogP) is 2.42. The Morgan fingerprint density at radius 3 is 2.58 bits per heavy atom. The lowest BCUT2D eigenvalue weighted by Gasteiger charge is -2.12. The Morgan fingerprint density at radius 2 is 1.89 bits per heavy atom. The minimum atomic E-state index is -0.814. The zero-order valence-electron chi connectivity index (χ0n) is 9.68. The van der Waals surface area contributed by atoms with E-state index in [2.05, 4.69) is 15.3 Å². The Morgan fingerprint density at radius 1 is 1.21 bits per heavy atom. The second-order valence-electron chi connectivity index (χ2n) is 3.70. The zero-order chi connectivity index (χ0) is 13.8. The number of aromatic nitrogens is 2. The standard InChI is InChI=1S/C12H10Cl2N4O/c13-8-10(14)16-6-17-11(8)18-12(19)9(15)7-4-2-1-3-5-7/h1-6,9H,15H2,(H,16,17,18,19)/t9-/m1/s1. The molecule has 1 heterocycles. The molecular formula is C12H10Cl2N4O. The number of nitrogens with one attached hydrogen (secondary N) is 1. The van der Waals surface area contributed by atoms with Crippen LogP contribution in [0.1, 0.15) is 11.6 Å². The molecule has 0 bridgehead atoms. The van der Waals surface area contributed by atoms with Crippen LogP contribution < -0.4 is 11.1 Å². The average molecular weight is 297 g/mol. The van der Waals surface area contributed by atoms with Gasteiger partial charge in [-0.05, 0) is 5.56 Å². The van der Waals surface area contributed by atoms with Crippen molar-refractivity contribution < 1.29 is 4.79 Å². The van der Waals surface area contributed by atoms with E-state index in [1.165, 1.54) is 6.33 Å². The van der Waals surface area contributed by atoms with E-state index in [0.29, 0.717) is 5.56 Å². The van der Waals surface area contributed by atoms with E-state index in [9.17, 15) is 4.79 Å². The van der Waals surface area contributed by atoms with Crippen LogP contribution in [-0.2, 0) is 4.79 Å². The van der Waals surface area contributed by atoms with Gasteiger partial charge in [0.2, 0.25) is 5.91 Å². The van der Waals surface area contributed by atoms with E-state index < -0.39 is 11.9 Å². The zero-order valence-corrected chi connectivity index (χ0v) is 11.2. The number of amides is 1. The van der Waals surface area contributed by atoms with E-state index in [0.717, 1.165) is 0 Å². The maximum Gasteiger partial charge on any atom is 0.247 e. The van der Waals surface area contributed by atoms with Gasteiger partial charge in [-0.2, -0.15) is 0 Å². The van der Waals surface area contributed by atoms with Gasteiger partial charge in [-0.1, -0.05) is 53.5 Å². The smallest absolute Gasteiger partial charge is 0.247 e. The van der Waals surface area contributed by atoms with Crippen LogP contribution >= 0.6 is 23.2 Å². The molecule has 19 heavy (non-hydrogen) atoms. The SMILES string of the molecule is N[C@@H](C(=O)Nc1ncnc(Cl)c1Cl)c1ccccc1. The van der Waals surface area contributed by atoms with E-state index in [1.54, 1.807) is 24.3 Å². The number of carbonyl (C=O) groups excluding carboxylic acids is 1. The van der Waals surface area contributed by atoms with Gasteiger partial charge in [-0.3, -0.25) is 4.79 Å². The monoisotopic (exact) mass is 296 g/mol. The fraction of sp³-hybridized carbons (Fsp3) is 0.0833. The molecule has 0 aliphatic rings. The average Bonchev–Trinajstić information content (AvgIpc) is 2.44. The van der Waals surface area contributed by atoms with E-state index in [1.807, 2.05) is 6.07 Å². The number of hydrogen-bond acceptors (Lipinski definition) is 4. The molecule has 1 atom stereocenters. The molecule has 2 rings (SSSR count). The summed E-state index contributed by atoms with van der Waals surface area (Å²) in [6, 6.07) is 8.16. The van der Waals surface area contributed by atoms with Gasteiger partial charge in [0.1, 0.15) is 17.4 Å². The Bertz CT molecular complexity index is 592. The summed E-state index contributed by atoms with van der Waals surface area (Å²) >= 11 is 11.6. The first-order valence-corrected chi connectivity index (χ1v) is 6.12. The highest BCUT2D eigenvalue weighted by Crippen LogP contribution is 2.26. The third kappa shape index (κ3) is 3.20. The van der Waals surface area contributed by atoms with Crippen molar-refractivity contribution in [3.63, 3.8) is 0 Å². The number of nitrogens with zero attached hydrogens (tertiary/aromatic N) is 2. The Hall–Kier alpha value is -1.69. The van der Waals surface area contributed by atoms with Crippen LogP contribution in [0.4, 0.5) is 5.82 Å². The summed E-state index contributed by atoms with van der Waals surface area (Å²) in [5.74, 6) is -0.291. The van der Waals surface area contributed by atoms with Crippen LogP contribution in [0, 0.1) is 0 Å². The highest BCUT2D eigenvalue weighted by Gasteiger charge is 2.18. The first-order valence-electron chi connectivity index (χ1n) is 5.37. The van der Waals surface area contributed by atoms with Gasteiger partial charge in [0.05, 0.1) is 0 Å². The lowest BCUT2D eigenvalue weighted by molar-refractivity contribution is -0.117. The quantitative estimate of drug-likeness (QED) is 0.853. The molecule has 1 aromatic carbocycles. The largest absolute Gasteiger partial charge is 0.316 e. The second kappa shape index (κ2) is 5.97. The van der Waals surface area contributed by atoms with E-state index >= 15 is 0 Å². The molecule has 1 amide bonds. The minimum Gasteiger partial charge on any atom is -0.316 e. The van der Waals surface area contributed by atoms with Crippen molar-refractivity contribution >= 4 is 34.9 Å². The highest BCUT2D eigenvalue weighted by atomic mass is 35.5. The van der Waals surface area contributed by atoms with Gasteiger partial charge in [0.15, 0.2) is 11.0 Å². The number of hydrogen-bond donors (Lipinski definition) is 2. The summed E-state index contributed by atoms with van der Waals surface area (Å²) in [5, 5.41) is 2.67. The summed E-state index contributed by atoms with van der Waals surface area (Å²) in [4.78, 5) is 19.5. The summed E-state index contributed by atoms with van der Waals surface area (Å²) < 4.78 is 0. The Kier molecular flexibility index (Phi) is 4.31. The molecule has 1 aromatic heterocycles. The Balaban J connectivity index is 2.15. The van der Waals surface area contributed by atoms with Gasteiger partial charge >= 0.3 is 0 Å². The molecule has 0 unspecified atom stereocenters. The van der Waals surface area contributed by atoms with Crippen LogP contribution in [-0.4, -0.2) is 15.9 Å². The molecule has 0 fully saturated rings. The molecule has 7 heteroatoms. The van der Waals surface area contributed by atoms with Crippen molar-refractivity contribution in [1.29, 1.82) is 0 Å². The first-order chi connectivity index (χ1) is 9.09. The minimum absolute atomic E-state index is 0.0697. The molecule has 5 nitrogen and oxygen atoms in total. The summed E-state index contributed by atoms with van der Waals surface area (Å²) in [5.41, 5.74) is 6.53. The first kappa shape index (κ1) is 13.7. The Labute approximate surface area is 119 Å². The topological polar surface area (TPSA) is 80.9 Å². The van der Waals surface area contributed by atoms with Crippen LogP contribution in [0.15, 0.2) is 36.7 Å². The van der Waals surface area contributed by atoms with Gasteiger partial charge in [-0.15, -0.1) is 0 Å². The van der Waals surface area contributed by atoms with Crippen molar-refractivity contribution in [1.82, 2.24) is 9.97 Å². The lowest BCUT2D eigenvalue weighted by Crippen LogP contribution is -2.28. The number of carbonyl (C=O) groups is 1. The highest BCUT2D eigenvalue weighted by molar-refractivity contribution is 6.42. The molecule has 0 aliphatic carbocycles. The molecule has 0 spiro atoms. The third-order valence-electron chi connectivity index (χ3n) is 2.43. The normalized spacial score (nSPS) is 11.9. The second-order valence-corrected chi connectivity index (χ2v) is 4.44. The van der Waals surface area contributed by atoms with Crippen molar-refractivity contribution in [2.75, 3.05) is 5.32 Å². The van der Waals surface area contributed by atoms with Gasteiger partial charge in [-0.25, -0.2) is 9.97 Å². The molecule has 98 valence electrons. The van der Waals surface area contributed by atoms with Crippen LogP contribution in [0.25, 0.3) is 0 Å². The van der Waals surface area contributed by atoms with Crippen molar-refractivity contribution in [3.8, 4) is 0 Å². The van der Waals surface area contributed by atoms with Crippen molar-refractivity contribution in [3.05, 3.63) is 52.4 Å². The number of benzene rings is 1. The molecule has 0 saturated heterocycles. The van der Waals surface area contributed by atoms with Gasteiger partial charge < -0.3 is 11.1 Å². The molecule has 2 aromatic rings. The van der Waals surface area contributed by atoms with Crippen LogP contribution in [0.5, 0.6) is 0 Å².